The lowest BCUT2D eigenvalue weighted by Crippen LogP contribution is -2.16. The maximum Gasteiger partial charge on any atom is 0.255 e. The molecule has 0 radical (unpaired) electrons. The van der Waals surface area contributed by atoms with Crippen LogP contribution in [0.4, 0.5) is 5.69 Å². The van der Waals surface area contributed by atoms with Gasteiger partial charge in [0.15, 0.2) is 5.78 Å². The Labute approximate surface area is 214 Å². The van der Waals surface area contributed by atoms with Crippen LogP contribution in [0.15, 0.2) is 102 Å². The van der Waals surface area contributed by atoms with E-state index in [0.717, 1.165) is 0 Å². The summed E-state index contributed by atoms with van der Waals surface area (Å²) in [5.74, 6) is -0.702. The van der Waals surface area contributed by atoms with Crippen molar-refractivity contribution in [3.05, 3.63) is 119 Å². The SMILES string of the molecule is N=C(N)c1cccc(C(=O)Nc2ccccc2CC(=O)c2ccc(-c3ccccc3S(N)(=O)=O)cc2)c1. The van der Waals surface area contributed by atoms with Crippen molar-refractivity contribution in [3.8, 4) is 11.1 Å². The average molecular weight is 513 g/mol. The van der Waals surface area contributed by atoms with Gasteiger partial charge in [0.1, 0.15) is 5.84 Å². The highest BCUT2D eigenvalue weighted by Crippen LogP contribution is 2.27. The van der Waals surface area contributed by atoms with E-state index in [4.69, 9.17) is 16.3 Å². The number of hydrogen-bond donors (Lipinski definition) is 4. The standard InChI is InChI=1S/C28H24N4O4S/c29-27(30)21-7-5-8-22(16-21)28(34)32-24-10-3-1-6-20(24)17-25(33)19-14-12-18(13-15-19)23-9-2-4-11-26(23)37(31,35)36/h1-16H,17H2,(H3,29,30)(H,32,34)(H2,31,35,36). The molecule has 186 valence electrons. The second kappa shape index (κ2) is 10.6. The molecule has 0 spiro atoms. The zero-order valence-corrected chi connectivity index (χ0v) is 20.5. The molecule has 9 heteroatoms. The molecule has 0 aliphatic heterocycles. The summed E-state index contributed by atoms with van der Waals surface area (Å²) in [6.07, 6.45) is 0.0387. The van der Waals surface area contributed by atoms with Gasteiger partial charge in [-0.25, -0.2) is 13.6 Å². The highest BCUT2D eigenvalue weighted by molar-refractivity contribution is 7.89. The summed E-state index contributed by atoms with van der Waals surface area (Å²) in [5.41, 5.74) is 8.92. The molecule has 0 fully saturated rings. The predicted molar refractivity (Wildman–Crippen MR) is 143 cm³/mol. The van der Waals surface area contributed by atoms with Gasteiger partial charge in [-0.05, 0) is 35.4 Å². The van der Waals surface area contributed by atoms with E-state index in [1.165, 1.54) is 12.1 Å². The number of nitrogens with two attached hydrogens (primary N) is 2. The second-order valence-electron chi connectivity index (χ2n) is 8.32. The molecule has 8 nitrogen and oxygen atoms in total. The topological polar surface area (TPSA) is 156 Å². The third-order valence-corrected chi connectivity index (χ3v) is 6.73. The Kier molecular flexibility index (Phi) is 7.28. The Hall–Kier alpha value is -4.60. The molecule has 0 atom stereocenters. The summed E-state index contributed by atoms with van der Waals surface area (Å²) < 4.78 is 23.9. The first kappa shape index (κ1) is 25.5. The molecule has 0 heterocycles. The van der Waals surface area contributed by atoms with E-state index < -0.39 is 10.0 Å². The lowest BCUT2D eigenvalue weighted by molar-refractivity contribution is 0.0989. The minimum atomic E-state index is -3.91. The van der Waals surface area contributed by atoms with Gasteiger partial charge in [-0.15, -0.1) is 0 Å². The van der Waals surface area contributed by atoms with E-state index in [-0.39, 0.29) is 28.8 Å². The van der Waals surface area contributed by atoms with E-state index in [2.05, 4.69) is 5.32 Å². The van der Waals surface area contributed by atoms with E-state index >= 15 is 0 Å². The summed E-state index contributed by atoms with van der Waals surface area (Å²) in [6.45, 7) is 0. The number of anilines is 1. The van der Waals surface area contributed by atoms with Crippen LogP contribution in [0.25, 0.3) is 11.1 Å². The number of nitrogen functional groups attached to an aromatic ring is 1. The maximum absolute atomic E-state index is 13.0. The van der Waals surface area contributed by atoms with Crippen LogP contribution < -0.4 is 16.2 Å². The van der Waals surface area contributed by atoms with E-state index in [1.54, 1.807) is 84.9 Å². The largest absolute Gasteiger partial charge is 0.384 e. The maximum atomic E-state index is 13.0. The number of Topliss-reactive ketones (excluding diaryl/α,β-unsaturated/α-hetero) is 1. The number of para-hydroxylation sites is 1. The van der Waals surface area contributed by atoms with E-state index in [1.807, 2.05) is 0 Å². The molecule has 0 unspecified atom stereocenters. The molecule has 1 amide bonds. The van der Waals surface area contributed by atoms with Crippen LogP contribution in [0.3, 0.4) is 0 Å². The third-order valence-electron chi connectivity index (χ3n) is 5.76. The first-order valence-electron chi connectivity index (χ1n) is 11.2. The molecule has 0 saturated heterocycles. The van der Waals surface area contributed by atoms with Crippen molar-refractivity contribution >= 4 is 33.2 Å². The summed E-state index contributed by atoms with van der Waals surface area (Å²) in [5, 5.41) is 15.7. The van der Waals surface area contributed by atoms with Gasteiger partial charge >= 0.3 is 0 Å². The number of primary sulfonamides is 1. The normalized spacial score (nSPS) is 11.1. The number of carbonyl (C=O) groups excluding carboxylic acids is 2. The molecule has 0 bridgehead atoms. The molecular formula is C28H24N4O4S. The van der Waals surface area contributed by atoms with Gasteiger partial charge in [-0.1, -0.05) is 72.8 Å². The van der Waals surface area contributed by atoms with E-state index in [0.29, 0.717) is 39.1 Å². The van der Waals surface area contributed by atoms with Crippen LogP contribution in [0.5, 0.6) is 0 Å². The van der Waals surface area contributed by atoms with Crippen molar-refractivity contribution in [2.75, 3.05) is 5.32 Å². The summed E-state index contributed by atoms with van der Waals surface area (Å²) in [4.78, 5) is 25.9. The fourth-order valence-electron chi connectivity index (χ4n) is 3.88. The third kappa shape index (κ3) is 5.97. The Morgan fingerprint density at radius 2 is 1.43 bits per heavy atom. The molecule has 4 aromatic carbocycles. The second-order valence-corrected chi connectivity index (χ2v) is 9.85. The fraction of sp³-hybridized carbons (Fsp3) is 0.0357. The van der Waals surface area contributed by atoms with Crippen LogP contribution in [0.1, 0.15) is 31.8 Å². The Morgan fingerprint density at radius 3 is 2.14 bits per heavy atom. The molecular weight excluding hydrogens is 488 g/mol. The fourth-order valence-corrected chi connectivity index (χ4v) is 4.64. The van der Waals surface area contributed by atoms with Gasteiger partial charge in [0.25, 0.3) is 5.91 Å². The first-order valence-corrected chi connectivity index (χ1v) is 12.8. The molecule has 37 heavy (non-hydrogen) atoms. The number of nitrogens with one attached hydrogen (secondary N) is 2. The van der Waals surface area contributed by atoms with Crippen molar-refractivity contribution in [1.29, 1.82) is 5.41 Å². The van der Waals surface area contributed by atoms with E-state index in [9.17, 15) is 18.0 Å². The molecule has 4 rings (SSSR count). The lowest BCUT2D eigenvalue weighted by atomic mass is 9.98. The Balaban J connectivity index is 1.53. The van der Waals surface area contributed by atoms with Crippen molar-refractivity contribution < 1.29 is 18.0 Å². The molecule has 4 aromatic rings. The summed E-state index contributed by atoms with van der Waals surface area (Å²) in [7, 11) is -3.91. The lowest BCUT2D eigenvalue weighted by Gasteiger charge is -2.12. The highest BCUT2D eigenvalue weighted by Gasteiger charge is 2.16. The molecule has 6 N–H and O–H groups in total. The van der Waals surface area contributed by atoms with Crippen LogP contribution in [0, 0.1) is 5.41 Å². The minimum Gasteiger partial charge on any atom is -0.384 e. The average Bonchev–Trinajstić information content (AvgIpc) is 2.89. The van der Waals surface area contributed by atoms with Crippen molar-refractivity contribution in [2.45, 2.75) is 11.3 Å². The number of amidine groups is 1. The van der Waals surface area contributed by atoms with Crippen LogP contribution >= 0.6 is 0 Å². The van der Waals surface area contributed by atoms with Gasteiger partial charge in [0.05, 0.1) is 4.90 Å². The zero-order chi connectivity index (χ0) is 26.6. The monoisotopic (exact) mass is 512 g/mol. The van der Waals surface area contributed by atoms with Gasteiger partial charge in [-0.3, -0.25) is 15.0 Å². The number of rotatable bonds is 8. The highest BCUT2D eigenvalue weighted by atomic mass is 32.2. The van der Waals surface area contributed by atoms with Gasteiger partial charge < -0.3 is 11.1 Å². The minimum absolute atomic E-state index is 0.00702. The van der Waals surface area contributed by atoms with Crippen LogP contribution in [0.2, 0.25) is 0 Å². The first-order chi connectivity index (χ1) is 17.6. The van der Waals surface area contributed by atoms with Gasteiger partial charge in [0, 0.05) is 34.4 Å². The Morgan fingerprint density at radius 1 is 0.784 bits per heavy atom. The summed E-state index contributed by atoms with van der Waals surface area (Å²) >= 11 is 0. The molecule has 0 aromatic heterocycles. The zero-order valence-electron chi connectivity index (χ0n) is 19.6. The number of ketones is 1. The van der Waals surface area contributed by atoms with Gasteiger partial charge in [-0.2, -0.15) is 0 Å². The van der Waals surface area contributed by atoms with Gasteiger partial charge in [0.2, 0.25) is 10.0 Å². The summed E-state index contributed by atoms with van der Waals surface area (Å²) in [6, 6.07) is 26.4. The van der Waals surface area contributed by atoms with Crippen molar-refractivity contribution in [3.63, 3.8) is 0 Å². The van der Waals surface area contributed by atoms with Crippen LogP contribution in [-0.2, 0) is 16.4 Å². The Bertz CT molecular complexity index is 1610. The smallest absolute Gasteiger partial charge is 0.255 e. The van der Waals surface area contributed by atoms with Crippen molar-refractivity contribution in [2.24, 2.45) is 10.9 Å². The van der Waals surface area contributed by atoms with Crippen LogP contribution in [-0.4, -0.2) is 25.9 Å². The molecule has 0 saturated carbocycles. The van der Waals surface area contributed by atoms with Crippen molar-refractivity contribution in [1.82, 2.24) is 0 Å². The number of amides is 1. The molecule has 0 aliphatic rings. The predicted octanol–water partition coefficient (Wildman–Crippen LogP) is 3.96. The number of sulfonamides is 1. The number of benzene rings is 4. The number of carbonyl (C=O) groups is 2. The quantitative estimate of drug-likeness (QED) is 0.160. The molecule has 0 aliphatic carbocycles. The number of hydrogen-bond acceptors (Lipinski definition) is 5.